The SMILES string of the molecule is C[C@H](NS(=O)(=O)c1cnn(CC(F)F)c1)C(=O)O. The zero-order valence-corrected chi connectivity index (χ0v) is 10.1. The number of carboxylic acid groups (broad SMARTS) is 1. The molecule has 1 aromatic rings. The molecule has 0 saturated heterocycles. The Balaban J connectivity index is 2.85. The number of carboxylic acids is 1. The van der Waals surface area contributed by atoms with Crippen LogP contribution in [0, 0.1) is 0 Å². The molecule has 0 fully saturated rings. The fraction of sp³-hybridized carbons (Fsp3) is 0.500. The monoisotopic (exact) mass is 283 g/mol. The van der Waals surface area contributed by atoms with E-state index in [2.05, 4.69) is 5.10 Å². The molecule has 0 saturated carbocycles. The maximum atomic E-state index is 12.0. The molecule has 102 valence electrons. The molecule has 1 heterocycles. The lowest BCUT2D eigenvalue weighted by molar-refractivity contribution is -0.138. The van der Waals surface area contributed by atoms with Gasteiger partial charge in [-0.05, 0) is 6.92 Å². The summed E-state index contributed by atoms with van der Waals surface area (Å²) in [4.78, 5) is 10.1. The van der Waals surface area contributed by atoms with Gasteiger partial charge in [-0.2, -0.15) is 9.82 Å². The lowest BCUT2D eigenvalue weighted by Gasteiger charge is -2.08. The Hall–Kier alpha value is -1.55. The van der Waals surface area contributed by atoms with E-state index in [9.17, 15) is 22.0 Å². The maximum Gasteiger partial charge on any atom is 0.321 e. The van der Waals surface area contributed by atoms with Crippen LogP contribution in [0.25, 0.3) is 0 Å². The molecule has 0 spiro atoms. The molecule has 0 aromatic carbocycles. The molecule has 2 N–H and O–H groups in total. The van der Waals surface area contributed by atoms with Crippen molar-refractivity contribution in [3.63, 3.8) is 0 Å². The summed E-state index contributed by atoms with van der Waals surface area (Å²) in [6, 6.07) is -1.33. The number of sulfonamides is 1. The van der Waals surface area contributed by atoms with Gasteiger partial charge in [0.25, 0.3) is 6.43 Å². The highest BCUT2D eigenvalue weighted by molar-refractivity contribution is 7.89. The largest absolute Gasteiger partial charge is 0.480 e. The Morgan fingerprint density at radius 2 is 2.22 bits per heavy atom. The Kier molecular flexibility index (Phi) is 4.35. The Morgan fingerprint density at radius 3 is 2.72 bits per heavy atom. The number of aliphatic carboxylic acids is 1. The first-order chi connectivity index (χ1) is 8.22. The number of nitrogens with one attached hydrogen (secondary N) is 1. The fourth-order valence-electron chi connectivity index (χ4n) is 1.08. The van der Waals surface area contributed by atoms with Gasteiger partial charge in [0.15, 0.2) is 0 Å². The van der Waals surface area contributed by atoms with Crippen LogP contribution < -0.4 is 4.72 Å². The van der Waals surface area contributed by atoms with Gasteiger partial charge in [0.1, 0.15) is 17.5 Å². The average molecular weight is 283 g/mol. The van der Waals surface area contributed by atoms with Crippen LogP contribution in [-0.4, -0.2) is 41.7 Å². The second kappa shape index (κ2) is 5.40. The van der Waals surface area contributed by atoms with Gasteiger partial charge in [0, 0.05) is 6.20 Å². The molecule has 1 atom stereocenters. The van der Waals surface area contributed by atoms with E-state index in [0.717, 1.165) is 24.0 Å². The van der Waals surface area contributed by atoms with Crippen molar-refractivity contribution in [1.82, 2.24) is 14.5 Å². The lowest BCUT2D eigenvalue weighted by Crippen LogP contribution is -2.38. The van der Waals surface area contributed by atoms with E-state index in [-0.39, 0.29) is 4.90 Å². The molecular formula is C8H11F2N3O4S. The second-order valence-corrected chi connectivity index (χ2v) is 5.18. The summed E-state index contributed by atoms with van der Waals surface area (Å²) in [5.74, 6) is -1.35. The van der Waals surface area contributed by atoms with Crippen LogP contribution in [0.4, 0.5) is 8.78 Å². The molecule has 0 radical (unpaired) electrons. The van der Waals surface area contributed by atoms with Gasteiger partial charge < -0.3 is 5.11 Å². The first kappa shape index (κ1) is 14.5. The van der Waals surface area contributed by atoms with Crippen molar-refractivity contribution in [2.75, 3.05) is 0 Å². The number of alkyl halides is 2. The smallest absolute Gasteiger partial charge is 0.321 e. The maximum absolute atomic E-state index is 12.0. The Bertz CT molecular complexity index is 528. The van der Waals surface area contributed by atoms with Crippen molar-refractivity contribution in [3.8, 4) is 0 Å². The number of halogens is 2. The van der Waals surface area contributed by atoms with E-state index in [0.29, 0.717) is 0 Å². The van der Waals surface area contributed by atoms with Crippen LogP contribution in [-0.2, 0) is 21.4 Å². The topological polar surface area (TPSA) is 101 Å². The quantitative estimate of drug-likeness (QED) is 0.759. The normalized spacial score (nSPS) is 13.8. The van der Waals surface area contributed by atoms with Crippen molar-refractivity contribution in [2.45, 2.75) is 30.8 Å². The van der Waals surface area contributed by atoms with Crippen LogP contribution in [0.3, 0.4) is 0 Å². The van der Waals surface area contributed by atoms with Crippen LogP contribution >= 0.6 is 0 Å². The standard InChI is InChI=1S/C8H11F2N3O4S/c1-5(8(14)15)12-18(16,17)6-2-11-13(3-6)4-7(9)10/h2-3,5,7,12H,4H2,1H3,(H,14,15)/t5-/m0/s1. The molecule has 0 bridgehead atoms. The number of carbonyl (C=O) groups is 1. The van der Waals surface area contributed by atoms with Gasteiger partial charge in [0.05, 0.1) is 6.20 Å². The van der Waals surface area contributed by atoms with Crippen molar-refractivity contribution in [1.29, 1.82) is 0 Å². The minimum Gasteiger partial charge on any atom is -0.480 e. The molecule has 0 amide bonds. The number of hydrogen-bond donors (Lipinski definition) is 2. The van der Waals surface area contributed by atoms with E-state index in [1.165, 1.54) is 0 Å². The zero-order valence-electron chi connectivity index (χ0n) is 9.25. The van der Waals surface area contributed by atoms with Crippen LogP contribution in [0.15, 0.2) is 17.3 Å². The average Bonchev–Trinajstić information content (AvgIpc) is 2.64. The predicted octanol–water partition coefficient (Wildman–Crippen LogP) is -0.100. The van der Waals surface area contributed by atoms with Crippen LogP contribution in [0.2, 0.25) is 0 Å². The molecular weight excluding hydrogens is 272 g/mol. The summed E-state index contributed by atoms with van der Waals surface area (Å²) in [5, 5.41) is 12.0. The third kappa shape index (κ3) is 3.74. The van der Waals surface area contributed by atoms with E-state index >= 15 is 0 Å². The number of nitrogens with zero attached hydrogens (tertiary/aromatic N) is 2. The van der Waals surface area contributed by atoms with Crippen molar-refractivity contribution < 1.29 is 27.1 Å². The highest BCUT2D eigenvalue weighted by Gasteiger charge is 2.23. The minimum absolute atomic E-state index is 0.365. The summed E-state index contributed by atoms with van der Waals surface area (Å²) in [6.45, 7) is 0.410. The number of aromatic nitrogens is 2. The summed E-state index contributed by atoms with van der Waals surface area (Å²) < 4.78 is 50.0. The van der Waals surface area contributed by atoms with Gasteiger partial charge in [-0.15, -0.1) is 0 Å². The summed E-state index contributed by atoms with van der Waals surface area (Å²) >= 11 is 0. The minimum atomic E-state index is -4.08. The third-order valence-electron chi connectivity index (χ3n) is 1.95. The van der Waals surface area contributed by atoms with E-state index in [1.54, 1.807) is 0 Å². The van der Waals surface area contributed by atoms with E-state index in [1.807, 2.05) is 4.72 Å². The Morgan fingerprint density at radius 1 is 1.61 bits per heavy atom. The molecule has 0 aliphatic carbocycles. The molecule has 1 aromatic heterocycles. The second-order valence-electron chi connectivity index (χ2n) is 3.47. The molecule has 0 aliphatic rings. The summed E-state index contributed by atoms with van der Waals surface area (Å²) in [7, 11) is -4.08. The highest BCUT2D eigenvalue weighted by atomic mass is 32.2. The fourth-order valence-corrected chi connectivity index (χ4v) is 2.22. The van der Waals surface area contributed by atoms with Crippen molar-refractivity contribution >= 4 is 16.0 Å². The molecule has 7 nitrogen and oxygen atoms in total. The molecule has 18 heavy (non-hydrogen) atoms. The highest BCUT2D eigenvalue weighted by Crippen LogP contribution is 2.09. The van der Waals surface area contributed by atoms with Gasteiger partial charge in [-0.1, -0.05) is 0 Å². The molecule has 1 rings (SSSR count). The zero-order chi connectivity index (χ0) is 13.9. The van der Waals surface area contributed by atoms with E-state index < -0.39 is 35.0 Å². The van der Waals surface area contributed by atoms with E-state index in [4.69, 9.17) is 5.11 Å². The Labute approximate surface area is 101 Å². The van der Waals surface area contributed by atoms with Crippen molar-refractivity contribution in [3.05, 3.63) is 12.4 Å². The number of rotatable bonds is 6. The third-order valence-corrected chi connectivity index (χ3v) is 3.44. The van der Waals surface area contributed by atoms with Crippen LogP contribution in [0.5, 0.6) is 0 Å². The summed E-state index contributed by atoms with van der Waals surface area (Å²) in [6.07, 6.45) is -0.881. The first-order valence-corrected chi connectivity index (χ1v) is 6.26. The van der Waals surface area contributed by atoms with Gasteiger partial charge in [-0.3, -0.25) is 9.48 Å². The van der Waals surface area contributed by atoms with Crippen molar-refractivity contribution in [2.24, 2.45) is 0 Å². The summed E-state index contributed by atoms with van der Waals surface area (Å²) in [5.41, 5.74) is 0. The lowest BCUT2D eigenvalue weighted by atomic mass is 10.4. The van der Waals surface area contributed by atoms with Gasteiger partial charge in [-0.25, -0.2) is 17.2 Å². The van der Waals surface area contributed by atoms with Gasteiger partial charge >= 0.3 is 5.97 Å². The van der Waals surface area contributed by atoms with Gasteiger partial charge in [0.2, 0.25) is 10.0 Å². The predicted molar refractivity (Wildman–Crippen MR) is 55.7 cm³/mol. The number of hydrogen-bond acceptors (Lipinski definition) is 4. The van der Waals surface area contributed by atoms with Crippen LogP contribution in [0.1, 0.15) is 6.92 Å². The molecule has 10 heteroatoms. The molecule has 0 aliphatic heterocycles. The first-order valence-electron chi connectivity index (χ1n) is 4.78. The molecule has 0 unspecified atom stereocenters.